The number of likely N-dealkylation sites (tertiary alicyclic amines) is 2. The van der Waals surface area contributed by atoms with E-state index in [0.717, 1.165) is 12.0 Å². The lowest BCUT2D eigenvalue weighted by atomic mass is 9.78. The van der Waals surface area contributed by atoms with Gasteiger partial charge in [0.1, 0.15) is 5.65 Å². The summed E-state index contributed by atoms with van der Waals surface area (Å²) in [6.07, 6.45) is 3.66. The Hall–Kier alpha value is -2.48. The first-order valence-corrected chi connectivity index (χ1v) is 9.29. The van der Waals surface area contributed by atoms with E-state index >= 15 is 0 Å². The Bertz CT molecular complexity index is 910. The molecule has 2 aromatic rings. The van der Waals surface area contributed by atoms with Gasteiger partial charge in [-0.3, -0.25) is 14.0 Å². The van der Waals surface area contributed by atoms with E-state index in [1.54, 1.807) is 22.1 Å². The van der Waals surface area contributed by atoms with Crippen LogP contribution in [0.4, 0.5) is 4.39 Å². The van der Waals surface area contributed by atoms with Gasteiger partial charge in [0, 0.05) is 32.4 Å². The number of rotatable bonds is 3. The molecule has 4 rings (SSSR count). The van der Waals surface area contributed by atoms with E-state index in [1.807, 2.05) is 13.0 Å². The number of halogens is 1. The number of nitrogens with zero attached hydrogens (tertiary/aromatic N) is 4. The number of imidazole rings is 1. The molecule has 4 heterocycles. The Morgan fingerprint density at radius 1 is 1.37 bits per heavy atom. The Labute approximate surface area is 156 Å². The average molecular weight is 374 g/mol. The molecule has 7 nitrogen and oxygen atoms in total. The third-order valence-corrected chi connectivity index (χ3v) is 5.82. The van der Waals surface area contributed by atoms with Crippen LogP contribution < -0.4 is 0 Å². The second-order valence-corrected chi connectivity index (χ2v) is 7.51. The van der Waals surface area contributed by atoms with Crippen molar-refractivity contribution < 1.29 is 19.1 Å². The Balaban J connectivity index is 1.59. The minimum Gasteiger partial charge on any atom is -0.395 e. The van der Waals surface area contributed by atoms with Gasteiger partial charge >= 0.3 is 0 Å². The van der Waals surface area contributed by atoms with Gasteiger partial charge in [-0.25, -0.2) is 4.98 Å². The number of fused-ring (bicyclic) bond motifs is 1. The van der Waals surface area contributed by atoms with Crippen LogP contribution in [-0.2, 0) is 4.79 Å². The van der Waals surface area contributed by atoms with Crippen molar-refractivity contribution in [3.05, 3.63) is 35.5 Å². The molecule has 0 unspecified atom stereocenters. The zero-order chi connectivity index (χ0) is 19.2. The first-order valence-electron chi connectivity index (χ1n) is 9.29. The summed E-state index contributed by atoms with van der Waals surface area (Å²) in [4.78, 5) is 33.3. The lowest BCUT2D eigenvalue weighted by Crippen LogP contribution is -2.51. The first kappa shape index (κ1) is 17.9. The number of aromatic nitrogens is 2. The van der Waals surface area contributed by atoms with E-state index in [0.29, 0.717) is 38.1 Å². The minimum absolute atomic E-state index is 0.00980. The van der Waals surface area contributed by atoms with Crippen molar-refractivity contribution >= 4 is 17.5 Å². The summed E-state index contributed by atoms with van der Waals surface area (Å²) in [5.41, 5.74) is 0.400. The van der Waals surface area contributed by atoms with Gasteiger partial charge in [-0.2, -0.15) is 4.39 Å². The lowest BCUT2D eigenvalue weighted by Gasteiger charge is -2.39. The highest BCUT2D eigenvalue weighted by Gasteiger charge is 2.49. The van der Waals surface area contributed by atoms with Crippen LogP contribution in [0.15, 0.2) is 18.3 Å². The third kappa shape index (κ3) is 2.79. The highest BCUT2D eigenvalue weighted by molar-refractivity contribution is 5.94. The van der Waals surface area contributed by atoms with Crippen molar-refractivity contribution in [1.82, 2.24) is 19.2 Å². The minimum atomic E-state index is -0.670. The largest absolute Gasteiger partial charge is 0.395 e. The topological polar surface area (TPSA) is 78.1 Å². The molecule has 2 fully saturated rings. The molecule has 2 aliphatic rings. The number of amides is 2. The van der Waals surface area contributed by atoms with E-state index in [1.165, 1.54) is 4.40 Å². The van der Waals surface area contributed by atoms with Gasteiger partial charge < -0.3 is 14.9 Å². The molecular weight excluding hydrogens is 351 g/mol. The van der Waals surface area contributed by atoms with Crippen LogP contribution in [0.2, 0.25) is 0 Å². The highest BCUT2D eigenvalue weighted by atomic mass is 19.1. The molecule has 0 radical (unpaired) electrons. The standard InChI is InChI=1S/C19H23FN4O3/c1-13-4-2-8-24-15(20)14(21-16(13)24)17(26)23-9-6-19(12-23)5-3-7-22(10-11-25)18(19)27/h2,4,8,25H,3,5-7,9-12H2,1H3/t19-/m1/s1. The van der Waals surface area contributed by atoms with Gasteiger partial charge in [-0.1, -0.05) is 6.07 Å². The fourth-order valence-electron chi connectivity index (χ4n) is 4.37. The summed E-state index contributed by atoms with van der Waals surface area (Å²) < 4.78 is 16.0. The summed E-state index contributed by atoms with van der Waals surface area (Å²) >= 11 is 0. The molecule has 144 valence electrons. The third-order valence-electron chi connectivity index (χ3n) is 5.82. The summed E-state index contributed by atoms with van der Waals surface area (Å²) in [5, 5.41) is 9.17. The van der Waals surface area contributed by atoms with Crippen LogP contribution >= 0.6 is 0 Å². The quantitative estimate of drug-likeness (QED) is 0.877. The van der Waals surface area contributed by atoms with Gasteiger partial charge in [0.2, 0.25) is 11.9 Å². The molecule has 1 N–H and O–H groups in total. The fourth-order valence-corrected chi connectivity index (χ4v) is 4.37. The van der Waals surface area contributed by atoms with E-state index < -0.39 is 17.3 Å². The molecule has 1 spiro atoms. The lowest BCUT2D eigenvalue weighted by molar-refractivity contribution is -0.146. The Kier molecular flexibility index (Phi) is 4.38. The number of carbonyl (C=O) groups excluding carboxylic acids is 2. The number of piperidine rings is 1. The fraction of sp³-hybridized carbons (Fsp3) is 0.526. The normalized spacial score (nSPS) is 23.0. The van der Waals surface area contributed by atoms with Crippen LogP contribution in [0.5, 0.6) is 0 Å². The second-order valence-electron chi connectivity index (χ2n) is 7.51. The Morgan fingerprint density at radius 3 is 2.93 bits per heavy atom. The molecule has 27 heavy (non-hydrogen) atoms. The molecule has 0 saturated carbocycles. The molecule has 8 heteroatoms. The first-order chi connectivity index (χ1) is 13.0. The van der Waals surface area contributed by atoms with Crippen LogP contribution in [0.1, 0.15) is 35.3 Å². The molecule has 1 atom stereocenters. The summed E-state index contributed by atoms with van der Waals surface area (Å²) in [5.74, 6) is -1.15. The van der Waals surface area contributed by atoms with Crippen molar-refractivity contribution in [1.29, 1.82) is 0 Å². The number of pyridine rings is 1. The maximum Gasteiger partial charge on any atom is 0.277 e. The van der Waals surface area contributed by atoms with Crippen LogP contribution in [-0.4, -0.2) is 68.9 Å². The zero-order valence-electron chi connectivity index (χ0n) is 15.3. The number of β-amino-alcohol motifs (C(OH)–C–C–N with tert-alkyl or cyclic N) is 1. The van der Waals surface area contributed by atoms with E-state index in [-0.39, 0.29) is 24.8 Å². The second kappa shape index (κ2) is 6.60. The molecule has 0 aromatic carbocycles. The maximum atomic E-state index is 14.7. The van der Waals surface area contributed by atoms with E-state index in [9.17, 15) is 14.0 Å². The molecule has 2 amide bonds. The van der Waals surface area contributed by atoms with Gasteiger partial charge in [-0.05, 0) is 37.8 Å². The van der Waals surface area contributed by atoms with Crippen molar-refractivity contribution in [2.75, 3.05) is 32.8 Å². The molecule has 0 aliphatic carbocycles. The van der Waals surface area contributed by atoms with Gasteiger partial charge in [-0.15, -0.1) is 0 Å². The van der Waals surface area contributed by atoms with Crippen LogP contribution in [0.25, 0.3) is 5.65 Å². The molecule has 2 saturated heterocycles. The molecule has 2 aliphatic heterocycles. The van der Waals surface area contributed by atoms with Crippen molar-refractivity contribution in [3.63, 3.8) is 0 Å². The summed E-state index contributed by atoms with van der Waals surface area (Å²) in [6.45, 7) is 3.38. The van der Waals surface area contributed by atoms with Crippen molar-refractivity contribution in [3.8, 4) is 0 Å². The number of hydrogen-bond acceptors (Lipinski definition) is 4. The Morgan fingerprint density at radius 2 is 2.19 bits per heavy atom. The number of aliphatic hydroxyl groups excluding tert-OH is 1. The van der Waals surface area contributed by atoms with Crippen molar-refractivity contribution in [2.24, 2.45) is 5.41 Å². The number of carbonyl (C=O) groups is 2. The number of aryl methyl sites for hydroxylation is 1. The zero-order valence-corrected chi connectivity index (χ0v) is 15.3. The van der Waals surface area contributed by atoms with Crippen LogP contribution in [0.3, 0.4) is 0 Å². The molecular formula is C19H23FN4O3. The predicted molar refractivity (Wildman–Crippen MR) is 95.7 cm³/mol. The molecule has 2 aromatic heterocycles. The number of hydrogen-bond donors (Lipinski definition) is 1. The number of aliphatic hydroxyl groups is 1. The van der Waals surface area contributed by atoms with E-state index in [4.69, 9.17) is 5.11 Å². The van der Waals surface area contributed by atoms with Gasteiger partial charge in [0.15, 0.2) is 5.69 Å². The van der Waals surface area contributed by atoms with Crippen molar-refractivity contribution in [2.45, 2.75) is 26.2 Å². The molecule has 0 bridgehead atoms. The van der Waals surface area contributed by atoms with Gasteiger partial charge in [0.05, 0.1) is 12.0 Å². The smallest absolute Gasteiger partial charge is 0.277 e. The highest BCUT2D eigenvalue weighted by Crippen LogP contribution is 2.40. The van der Waals surface area contributed by atoms with E-state index in [2.05, 4.69) is 4.98 Å². The average Bonchev–Trinajstić information content (AvgIpc) is 3.23. The van der Waals surface area contributed by atoms with Gasteiger partial charge in [0.25, 0.3) is 5.91 Å². The maximum absolute atomic E-state index is 14.7. The predicted octanol–water partition coefficient (Wildman–Crippen LogP) is 1.23. The van der Waals surface area contributed by atoms with Crippen LogP contribution in [0, 0.1) is 18.3 Å². The monoisotopic (exact) mass is 374 g/mol. The summed E-state index contributed by atoms with van der Waals surface area (Å²) in [7, 11) is 0. The SMILES string of the molecule is Cc1cccn2c(F)c(C(=O)N3CC[C@]4(CCCN(CCO)C4=O)C3)nc12. The summed E-state index contributed by atoms with van der Waals surface area (Å²) in [6, 6.07) is 3.53.